The molecule has 1 amide bonds. The van der Waals surface area contributed by atoms with Gasteiger partial charge in [-0.2, -0.15) is 0 Å². The lowest BCUT2D eigenvalue weighted by atomic mass is 9.98. The van der Waals surface area contributed by atoms with Crippen molar-refractivity contribution in [2.45, 2.75) is 12.8 Å². The van der Waals surface area contributed by atoms with Crippen LogP contribution in [0.15, 0.2) is 18.3 Å². The number of hydrogen-bond donors (Lipinski definition) is 1. The van der Waals surface area contributed by atoms with Gasteiger partial charge in [0.05, 0.1) is 11.9 Å². The number of ether oxygens (including phenoxy) is 1. The fraction of sp³-hybridized carbons (Fsp3) is 0.600. The molecule has 0 saturated carbocycles. The van der Waals surface area contributed by atoms with E-state index in [9.17, 15) is 4.79 Å². The molecule has 2 N–H and O–H groups in total. The lowest BCUT2D eigenvalue weighted by Crippen LogP contribution is -2.51. The molecule has 2 saturated heterocycles. The van der Waals surface area contributed by atoms with Crippen molar-refractivity contribution in [1.29, 1.82) is 0 Å². The summed E-state index contributed by atoms with van der Waals surface area (Å²) in [5, 5.41) is 0. The normalized spacial score (nSPS) is 20.6. The number of carbonyl (C=O) groups is 1. The first-order chi connectivity index (χ1) is 10.2. The number of anilines is 2. The minimum absolute atomic E-state index is 0.156. The number of rotatable bonds is 2. The second-order valence-corrected chi connectivity index (χ2v) is 5.64. The molecule has 3 heterocycles. The summed E-state index contributed by atoms with van der Waals surface area (Å²) < 4.78 is 5.33. The molecule has 0 aliphatic carbocycles. The minimum Gasteiger partial charge on any atom is -0.384 e. The van der Waals surface area contributed by atoms with Crippen LogP contribution in [0.1, 0.15) is 12.8 Å². The van der Waals surface area contributed by atoms with Crippen molar-refractivity contribution >= 4 is 17.4 Å². The number of nitrogens with zero attached hydrogens (tertiary/aromatic N) is 3. The van der Waals surface area contributed by atoms with E-state index in [1.54, 1.807) is 6.20 Å². The second-order valence-electron chi connectivity index (χ2n) is 5.64. The van der Waals surface area contributed by atoms with E-state index in [-0.39, 0.29) is 5.92 Å². The summed E-state index contributed by atoms with van der Waals surface area (Å²) in [7, 11) is 0. The Morgan fingerprint density at radius 2 is 1.90 bits per heavy atom. The lowest BCUT2D eigenvalue weighted by Gasteiger charge is -2.38. The molecule has 6 heteroatoms. The number of amides is 1. The lowest BCUT2D eigenvalue weighted by molar-refractivity contribution is -0.138. The summed E-state index contributed by atoms with van der Waals surface area (Å²) in [6.07, 6.45) is 3.52. The highest BCUT2D eigenvalue weighted by Crippen LogP contribution is 2.20. The average molecular weight is 290 g/mol. The van der Waals surface area contributed by atoms with E-state index in [1.165, 1.54) is 0 Å². The van der Waals surface area contributed by atoms with Crippen LogP contribution in [0.2, 0.25) is 0 Å². The molecule has 0 spiro atoms. The topological polar surface area (TPSA) is 71.7 Å². The molecule has 0 unspecified atom stereocenters. The van der Waals surface area contributed by atoms with E-state index in [0.717, 1.165) is 44.7 Å². The Labute approximate surface area is 124 Å². The van der Waals surface area contributed by atoms with Crippen molar-refractivity contribution in [1.82, 2.24) is 9.88 Å². The van der Waals surface area contributed by atoms with E-state index in [1.807, 2.05) is 17.0 Å². The van der Waals surface area contributed by atoms with E-state index < -0.39 is 0 Å². The van der Waals surface area contributed by atoms with Crippen LogP contribution in [0.25, 0.3) is 0 Å². The van der Waals surface area contributed by atoms with Gasteiger partial charge in [-0.15, -0.1) is 0 Å². The van der Waals surface area contributed by atoms with E-state index >= 15 is 0 Å². The zero-order chi connectivity index (χ0) is 14.7. The summed E-state index contributed by atoms with van der Waals surface area (Å²) in [5.74, 6) is 0.990. The Morgan fingerprint density at radius 1 is 1.19 bits per heavy atom. The monoisotopic (exact) mass is 290 g/mol. The SMILES string of the molecule is Nc1ccc(N2CCN(C(=O)C3CCOCC3)CC2)cn1. The van der Waals surface area contributed by atoms with Gasteiger partial charge in [-0.25, -0.2) is 4.98 Å². The summed E-state index contributed by atoms with van der Waals surface area (Å²) in [5.41, 5.74) is 6.68. The van der Waals surface area contributed by atoms with Gasteiger partial charge >= 0.3 is 0 Å². The van der Waals surface area contributed by atoms with Crippen LogP contribution in [0, 0.1) is 5.92 Å². The van der Waals surface area contributed by atoms with Gasteiger partial charge in [0.1, 0.15) is 5.82 Å². The second kappa shape index (κ2) is 6.30. The van der Waals surface area contributed by atoms with Gasteiger partial charge in [0.25, 0.3) is 0 Å². The third kappa shape index (κ3) is 3.26. The van der Waals surface area contributed by atoms with Gasteiger partial charge in [-0.05, 0) is 25.0 Å². The van der Waals surface area contributed by atoms with Gasteiger partial charge < -0.3 is 20.3 Å². The van der Waals surface area contributed by atoms with Crippen LogP contribution in [0.4, 0.5) is 11.5 Å². The molecule has 3 rings (SSSR count). The van der Waals surface area contributed by atoms with E-state index in [4.69, 9.17) is 10.5 Å². The zero-order valence-electron chi connectivity index (χ0n) is 12.2. The van der Waals surface area contributed by atoms with Crippen LogP contribution >= 0.6 is 0 Å². The molecular formula is C15H22N4O2. The van der Waals surface area contributed by atoms with Gasteiger partial charge in [-0.3, -0.25) is 4.79 Å². The maximum absolute atomic E-state index is 12.5. The highest BCUT2D eigenvalue weighted by atomic mass is 16.5. The molecule has 2 aliphatic heterocycles. The highest BCUT2D eigenvalue weighted by molar-refractivity contribution is 5.79. The van der Waals surface area contributed by atoms with Crippen LogP contribution in [-0.2, 0) is 9.53 Å². The third-order valence-corrected chi connectivity index (χ3v) is 4.30. The Bertz CT molecular complexity index is 477. The molecule has 1 aromatic heterocycles. The molecule has 21 heavy (non-hydrogen) atoms. The Morgan fingerprint density at radius 3 is 2.52 bits per heavy atom. The Hall–Kier alpha value is -1.82. The third-order valence-electron chi connectivity index (χ3n) is 4.30. The van der Waals surface area contributed by atoms with Crippen LogP contribution in [0.3, 0.4) is 0 Å². The van der Waals surface area contributed by atoms with Crippen molar-refractivity contribution in [3.63, 3.8) is 0 Å². The van der Waals surface area contributed by atoms with E-state index in [2.05, 4.69) is 9.88 Å². The number of aromatic nitrogens is 1. The van der Waals surface area contributed by atoms with Crippen molar-refractivity contribution in [2.75, 3.05) is 50.0 Å². The summed E-state index contributed by atoms with van der Waals surface area (Å²) in [6, 6.07) is 3.80. The maximum atomic E-state index is 12.5. The number of hydrogen-bond acceptors (Lipinski definition) is 5. The molecule has 0 radical (unpaired) electrons. The maximum Gasteiger partial charge on any atom is 0.225 e. The van der Waals surface area contributed by atoms with Crippen LogP contribution in [-0.4, -0.2) is 55.2 Å². The fourth-order valence-corrected chi connectivity index (χ4v) is 2.97. The van der Waals surface area contributed by atoms with Gasteiger partial charge in [-0.1, -0.05) is 0 Å². The number of carbonyl (C=O) groups excluding carboxylic acids is 1. The predicted molar refractivity (Wildman–Crippen MR) is 81.0 cm³/mol. The number of nitrogen functional groups attached to an aromatic ring is 1. The van der Waals surface area contributed by atoms with Crippen LogP contribution in [0.5, 0.6) is 0 Å². The summed E-state index contributed by atoms with van der Waals surface area (Å²) >= 11 is 0. The molecular weight excluding hydrogens is 268 g/mol. The molecule has 0 bridgehead atoms. The quantitative estimate of drug-likeness (QED) is 0.870. The van der Waals surface area contributed by atoms with Gasteiger partial charge in [0.15, 0.2) is 0 Å². The number of nitrogens with two attached hydrogens (primary N) is 1. The smallest absolute Gasteiger partial charge is 0.225 e. The van der Waals surface area contributed by atoms with Crippen molar-refractivity contribution in [3.8, 4) is 0 Å². The van der Waals surface area contributed by atoms with Crippen LogP contribution < -0.4 is 10.6 Å². The van der Waals surface area contributed by atoms with Crippen molar-refractivity contribution in [2.24, 2.45) is 5.92 Å². The predicted octanol–water partition coefficient (Wildman–Crippen LogP) is 0.739. The molecule has 114 valence electrons. The molecule has 2 aliphatic rings. The Balaban J connectivity index is 1.54. The summed E-state index contributed by atoms with van der Waals surface area (Å²) in [6.45, 7) is 4.68. The van der Waals surface area contributed by atoms with Crippen molar-refractivity contribution < 1.29 is 9.53 Å². The number of piperazine rings is 1. The van der Waals surface area contributed by atoms with Crippen molar-refractivity contribution in [3.05, 3.63) is 18.3 Å². The molecule has 6 nitrogen and oxygen atoms in total. The molecule has 0 aromatic carbocycles. The van der Waals surface area contributed by atoms with Gasteiger partial charge in [0, 0.05) is 45.3 Å². The molecule has 2 fully saturated rings. The Kier molecular flexibility index (Phi) is 4.24. The fourth-order valence-electron chi connectivity index (χ4n) is 2.97. The molecule has 0 atom stereocenters. The zero-order valence-corrected chi connectivity index (χ0v) is 12.2. The highest BCUT2D eigenvalue weighted by Gasteiger charge is 2.28. The first-order valence-electron chi connectivity index (χ1n) is 7.57. The first kappa shape index (κ1) is 14.1. The number of pyridine rings is 1. The first-order valence-corrected chi connectivity index (χ1v) is 7.57. The summed E-state index contributed by atoms with van der Waals surface area (Å²) in [4.78, 5) is 20.8. The minimum atomic E-state index is 0.156. The van der Waals surface area contributed by atoms with Gasteiger partial charge in [0.2, 0.25) is 5.91 Å². The van der Waals surface area contributed by atoms with E-state index in [0.29, 0.717) is 24.9 Å². The molecule has 1 aromatic rings. The average Bonchev–Trinajstić information content (AvgIpc) is 2.56. The largest absolute Gasteiger partial charge is 0.384 e. The standard InChI is InChI=1S/C15H22N4O2/c16-14-2-1-13(11-17-14)18-5-7-19(8-6-18)15(20)12-3-9-21-10-4-12/h1-2,11-12H,3-10H2,(H2,16,17).